The largest absolute Gasteiger partial charge is 0.310 e. The minimum absolute atomic E-state index is 0.469. The van der Waals surface area contributed by atoms with Crippen LogP contribution in [0.25, 0.3) is 55.6 Å². The first-order valence-corrected chi connectivity index (χ1v) is 24.1. The fourth-order valence-electron chi connectivity index (χ4n) is 12.6. The van der Waals surface area contributed by atoms with Gasteiger partial charge in [-0.2, -0.15) is 0 Å². The van der Waals surface area contributed by atoms with E-state index in [1.54, 1.807) is 0 Å². The second-order valence-corrected chi connectivity index (χ2v) is 18.7. The minimum atomic E-state index is -0.545. The van der Waals surface area contributed by atoms with Crippen LogP contribution in [0.1, 0.15) is 44.5 Å². The zero-order valence-electron chi connectivity index (χ0n) is 37.9. The van der Waals surface area contributed by atoms with Gasteiger partial charge in [-0.25, -0.2) is 0 Å². The number of para-hydroxylation sites is 1. The van der Waals surface area contributed by atoms with Crippen LogP contribution in [0.15, 0.2) is 273 Å². The summed E-state index contributed by atoms with van der Waals surface area (Å²) in [6.45, 7) is 0. The molecule has 1 heteroatoms. The van der Waals surface area contributed by atoms with Gasteiger partial charge in [0.2, 0.25) is 0 Å². The average molecular weight is 876 g/mol. The van der Waals surface area contributed by atoms with Crippen LogP contribution in [0.4, 0.5) is 17.1 Å². The number of nitrogens with zero attached hydrogens (tertiary/aromatic N) is 1. The van der Waals surface area contributed by atoms with Crippen LogP contribution in [0.5, 0.6) is 0 Å². The number of fused-ring (bicyclic) bond motifs is 16. The van der Waals surface area contributed by atoms with E-state index < -0.39 is 10.8 Å². The molecule has 322 valence electrons. The molecule has 0 bridgehead atoms. The third-order valence-electron chi connectivity index (χ3n) is 15.4. The predicted octanol–water partition coefficient (Wildman–Crippen LogP) is 17.2. The van der Waals surface area contributed by atoms with Crippen molar-refractivity contribution in [1.82, 2.24) is 0 Å². The Morgan fingerprint density at radius 2 is 0.522 bits per heavy atom. The lowest BCUT2D eigenvalue weighted by Crippen LogP contribution is -2.43. The first kappa shape index (κ1) is 39.4. The van der Waals surface area contributed by atoms with E-state index >= 15 is 0 Å². The van der Waals surface area contributed by atoms with E-state index in [1.165, 1.54) is 100 Å². The van der Waals surface area contributed by atoms with Crippen molar-refractivity contribution < 1.29 is 0 Å². The molecule has 0 amide bonds. The van der Waals surface area contributed by atoms with E-state index in [0.29, 0.717) is 0 Å². The highest BCUT2D eigenvalue weighted by Gasteiger charge is 2.58. The standard InChI is InChI=1S/C68H45N/c1-3-19-46(20-4-1)47-35-40-51(41-36-47)69(66-34-18-10-23-53(66)49-21-5-2-6-22-49)52-42-37-48(38-43-52)50-39-44-57-56-26-9-13-29-60(56)68(65(57)45-50)63-32-16-14-30-61(63)67(62-31-15-17-33-64(62)68)58-27-11-7-24-54(58)55-25-8-12-28-59(55)67/h1-45H. The molecule has 0 unspecified atom stereocenters. The molecular weight excluding hydrogens is 831 g/mol. The molecular formula is C68H45N. The Bertz CT molecular complexity index is 3680. The van der Waals surface area contributed by atoms with Crippen molar-refractivity contribution in [2.75, 3.05) is 4.90 Å². The van der Waals surface area contributed by atoms with Crippen LogP contribution in [0, 0.1) is 0 Å². The van der Waals surface area contributed by atoms with Crippen molar-refractivity contribution >= 4 is 17.1 Å². The van der Waals surface area contributed by atoms with Crippen LogP contribution in [0.2, 0.25) is 0 Å². The van der Waals surface area contributed by atoms with Crippen molar-refractivity contribution in [2.24, 2.45) is 0 Å². The zero-order chi connectivity index (χ0) is 45.5. The number of hydrogen-bond acceptors (Lipinski definition) is 1. The van der Waals surface area contributed by atoms with Crippen molar-refractivity contribution in [2.45, 2.75) is 10.8 Å². The van der Waals surface area contributed by atoms with E-state index in [9.17, 15) is 0 Å². The second kappa shape index (κ2) is 15.4. The smallest absolute Gasteiger partial charge is 0.0720 e. The van der Waals surface area contributed by atoms with Gasteiger partial charge >= 0.3 is 0 Å². The quantitative estimate of drug-likeness (QED) is 0.161. The van der Waals surface area contributed by atoms with Gasteiger partial charge in [-0.1, -0.05) is 237 Å². The fraction of sp³-hybridized carbons (Fsp3) is 0.0294. The van der Waals surface area contributed by atoms with Crippen molar-refractivity contribution in [3.05, 3.63) is 317 Å². The predicted molar refractivity (Wildman–Crippen MR) is 286 cm³/mol. The maximum atomic E-state index is 2.51. The van der Waals surface area contributed by atoms with Gasteiger partial charge in [-0.05, 0) is 131 Å². The Morgan fingerprint density at radius 3 is 1.00 bits per heavy atom. The molecule has 11 aromatic carbocycles. The lowest BCUT2D eigenvalue weighted by atomic mass is 9.52. The minimum Gasteiger partial charge on any atom is -0.310 e. The Balaban J connectivity index is 0.941. The monoisotopic (exact) mass is 875 g/mol. The van der Waals surface area contributed by atoms with Gasteiger partial charge in [-0.15, -0.1) is 0 Å². The molecule has 0 aliphatic heterocycles. The molecule has 1 nitrogen and oxygen atoms in total. The summed E-state index contributed by atoms with van der Waals surface area (Å²) in [4.78, 5) is 2.40. The van der Waals surface area contributed by atoms with Gasteiger partial charge < -0.3 is 4.90 Å². The highest BCUT2D eigenvalue weighted by Crippen LogP contribution is 2.67. The summed E-state index contributed by atoms with van der Waals surface area (Å²) in [6, 6.07) is 102. The molecule has 0 saturated carbocycles. The third-order valence-corrected chi connectivity index (χ3v) is 15.4. The van der Waals surface area contributed by atoms with E-state index in [1.807, 2.05) is 0 Å². The summed E-state index contributed by atoms with van der Waals surface area (Å²) in [5, 5.41) is 0. The van der Waals surface area contributed by atoms with Gasteiger partial charge in [0.15, 0.2) is 0 Å². The Kier molecular flexibility index (Phi) is 8.78. The lowest BCUT2D eigenvalue weighted by molar-refractivity contribution is 0.633. The summed E-state index contributed by atoms with van der Waals surface area (Å²) in [6.07, 6.45) is 0. The SMILES string of the molecule is c1ccc(-c2ccc(N(c3ccc(-c4ccc5c(c4)C4(c6ccccc6-5)c5ccccc5C5(c6ccccc6-c6ccccc65)c5ccccc54)cc3)c3ccccc3-c3ccccc3)cc2)cc1. The summed E-state index contributed by atoms with van der Waals surface area (Å²) in [7, 11) is 0. The van der Waals surface area contributed by atoms with E-state index in [4.69, 9.17) is 0 Å². The van der Waals surface area contributed by atoms with Crippen molar-refractivity contribution in [1.29, 1.82) is 0 Å². The highest BCUT2D eigenvalue weighted by atomic mass is 15.1. The highest BCUT2D eigenvalue weighted by molar-refractivity contribution is 5.95. The first-order valence-electron chi connectivity index (χ1n) is 24.1. The van der Waals surface area contributed by atoms with E-state index in [2.05, 4.69) is 278 Å². The number of anilines is 3. The lowest BCUT2D eigenvalue weighted by Gasteiger charge is -2.48. The van der Waals surface area contributed by atoms with Gasteiger partial charge in [-0.3, -0.25) is 0 Å². The van der Waals surface area contributed by atoms with Crippen LogP contribution in [-0.4, -0.2) is 0 Å². The van der Waals surface area contributed by atoms with Gasteiger partial charge in [0.25, 0.3) is 0 Å². The molecule has 0 aromatic heterocycles. The Hall–Kier alpha value is -8.78. The summed E-state index contributed by atoms with van der Waals surface area (Å²) < 4.78 is 0. The molecule has 0 fully saturated rings. The summed E-state index contributed by atoms with van der Waals surface area (Å²) in [5.74, 6) is 0. The van der Waals surface area contributed by atoms with Gasteiger partial charge in [0, 0.05) is 16.9 Å². The molecule has 3 aliphatic carbocycles. The molecule has 11 aromatic rings. The molecule has 3 aliphatic rings. The number of benzene rings is 11. The molecule has 0 radical (unpaired) electrons. The molecule has 0 N–H and O–H groups in total. The Labute approximate surface area is 403 Å². The third kappa shape index (κ3) is 5.59. The molecule has 2 spiro atoms. The van der Waals surface area contributed by atoms with E-state index in [-0.39, 0.29) is 0 Å². The number of rotatable bonds is 6. The summed E-state index contributed by atoms with van der Waals surface area (Å²) in [5.41, 5.74) is 25.4. The number of hydrogen-bond donors (Lipinski definition) is 0. The topological polar surface area (TPSA) is 3.24 Å². The van der Waals surface area contributed by atoms with Gasteiger partial charge in [0.05, 0.1) is 16.5 Å². The van der Waals surface area contributed by atoms with Crippen LogP contribution in [-0.2, 0) is 10.8 Å². The normalized spacial score (nSPS) is 13.7. The molecule has 14 rings (SSSR count). The van der Waals surface area contributed by atoms with Crippen molar-refractivity contribution in [3.63, 3.8) is 0 Å². The molecule has 0 heterocycles. The summed E-state index contributed by atoms with van der Waals surface area (Å²) >= 11 is 0. The van der Waals surface area contributed by atoms with Crippen LogP contribution in [0.3, 0.4) is 0 Å². The fourth-order valence-corrected chi connectivity index (χ4v) is 12.6. The maximum absolute atomic E-state index is 2.51. The van der Waals surface area contributed by atoms with Crippen molar-refractivity contribution in [3.8, 4) is 55.6 Å². The molecule has 69 heavy (non-hydrogen) atoms. The average Bonchev–Trinajstić information content (AvgIpc) is 3.89. The van der Waals surface area contributed by atoms with E-state index in [0.717, 1.165) is 17.1 Å². The van der Waals surface area contributed by atoms with Crippen LogP contribution < -0.4 is 4.90 Å². The maximum Gasteiger partial charge on any atom is 0.0720 e. The first-order chi connectivity index (χ1) is 34.2. The molecule has 0 saturated heterocycles. The Morgan fingerprint density at radius 1 is 0.203 bits per heavy atom. The van der Waals surface area contributed by atoms with Crippen LogP contribution >= 0.6 is 0 Å². The molecule has 0 atom stereocenters. The second-order valence-electron chi connectivity index (χ2n) is 18.7. The zero-order valence-corrected chi connectivity index (χ0v) is 37.9. The van der Waals surface area contributed by atoms with Gasteiger partial charge in [0.1, 0.15) is 0 Å².